The topological polar surface area (TPSA) is 73.0 Å². The molecule has 2 aromatic rings. The zero-order chi connectivity index (χ0) is 15.8. The molecule has 1 N–H and O–H groups in total. The molecular weight excluding hydrogens is 268 g/mol. The van der Waals surface area contributed by atoms with Gasteiger partial charge in [-0.05, 0) is 13.8 Å². The summed E-state index contributed by atoms with van der Waals surface area (Å²) in [5, 5.41) is 11.2. The smallest absolute Gasteiger partial charge is 0.230 e. The lowest BCUT2D eigenvalue weighted by molar-refractivity contribution is -0.115. The van der Waals surface area contributed by atoms with Crippen LogP contribution < -0.4 is 5.32 Å². The van der Waals surface area contributed by atoms with E-state index in [0.29, 0.717) is 11.6 Å². The summed E-state index contributed by atoms with van der Waals surface area (Å²) in [7, 11) is 1.82. The molecule has 0 unspecified atom stereocenters. The van der Waals surface area contributed by atoms with Crippen LogP contribution in [0.4, 0.5) is 5.82 Å². The average Bonchev–Trinajstić information content (AvgIpc) is 2.87. The molecule has 6 nitrogen and oxygen atoms in total. The fraction of sp³-hybridized carbons (Fsp3) is 0.533. The maximum absolute atomic E-state index is 12.2. The summed E-state index contributed by atoms with van der Waals surface area (Å²) in [6.45, 7) is 9.91. The molecule has 6 heteroatoms. The molecule has 21 heavy (non-hydrogen) atoms. The normalized spacial score (nSPS) is 11.7. The minimum Gasteiger partial charge on any atom is -0.361 e. The Kier molecular flexibility index (Phi) is 3.89. The van der Waals surface area contributed by atoms with E-state index in [-0.39, 0.29) is 17.7 Å². The maximum atomic E-state index is 12.2. The van der Waals surface area contributed by atoms with Crippen LogP contribution in [0.25, 0.3) is 0 Å². The third-order valence-corrected chi connectivity index (χ3v) is 3.43. The number of anilines is 1. The summed E-state index contributed by atoms with van der Waals surface area (Å²) in [6.07, 6.45) is 0.247. The standard InChI is InChI=1S/C15H22N4O2/c1-9-11(10(2)21-18-9)7-14(20)16-13-8-12(15(3,4)5)17-19(13)6/h8H,7H2,1-6H3,(H,16,20). The van der Waals surface area contributed by atoms with Gasteiger partial charge < -0.3 is 9.84 Å². The predicted octanol–water partition coefficient (Wildman–Crippen LogP) is 2.50. The Morgan fingerprint density at radius 3 is 2.52 bits per heavy atom. The first-order chi connectivity index (χ1) is 9.68. The zero-order valence-electron chi connectivity index (χ0n) is 13.4. The van der Waals surface area contributed by atoms with E-state index in [9.17, 15) is 4.79 Å². The Hall–Kier alpha value is -2.11. The van der Waals surface area contributed by atoms with Gasteiger partial charge in [-0.15, -0.1) is 0 Å². The van der Waals surface area contributed by atoms with E-state index in [1.807, 2.05) is 27.0 Å². The summed E-state index contributed by atoms with van der Waals surface area (Å²) in [5.41, 5.74) is 2.48. The second-order valence-electron chi connectivity index (χ2n) is 6.32. The van der Waals surface area contributed by atoms with Gasteiger partial charge in [0.25, 0.3) is 0 Å². The molecule has 114 valence electrons. The van der Waals surface area contributed by atoms with Crippen LogP contribution >= 0.6 is 0 Å². The molecule has 1 amide bonds. The fourth-order valence-electron chi connectivity index (χ4n) is 2.05. The van der Waals surface area contributed by atoms with Crippen molar-refractivity contribution in [3.8, 4) is 0 Å². The molecule has 0 aliphatic heterocycles. The van der Waals surface area contributed by atoms with E-state index in [4.69, 9.17) is 4.52 Å². The SMILES string of the molecule is Cc1noc(C)c1CC(=O)Nc1cc(C(C)(C)C)nn1C. The Labute approximate surface area is 124 Å². The van der Waals surface area contributed by atoms with E-state index in [0.717, 1.165) is 17.0 Å². The van der Waals surface area contributed by atoms with Crippen molar-refractivity contribution in [1.29, 1.82) is 0 Å². The van der Waals surface area contributed by atoms with Gasteiger partial charge in [0, 0.05) is 24.1 Å². The molecule has 0 bridgehead atoms. The summed E-state index contributed by atoms with van der Waals surface area (Å²) >= 11 is 0. The first-order valence-corrected chi connectivity index (χ1v) is 6.94. The number of hydrogen-bond acceptors (Lipinski definition) is 4. The second kappa shape index (κ2) is 5.35. The maximum Gasteiger partial charge on any atom is 0.230 e. The third kappa shape index (κ3) is 3.32. The lowest BCUT2D eigenvalue weighted by atomic mass is 9.92. The molecule has 0 saturated carbocycles. The monoisotopic (exact) mass is 290 g/mol. The van der Waals surface area contributed by atoms with Gasteiger partial charge in [0.05, 0.1) is 17.8 Å². The molecule has 0 fully saturated rings. The van der Waals surface area contributed by atoms with Crippen LogP contribution in [0, 0.1) is 13.8 Å². The van der Waals surface area contributed by atoms with Crippen LogP contribution in [0.2, 0.25) is 0 Å². The number of aromatic nitrogens is 3. The molecule has 0 atom stereocenters. The second-order valence-corrected chi connectivity index (χ2v) is 6.32. The van der Waals surface area contributed by atoms with Gasteiger partial charge in [-0.3, -0.25) is 9.48 Å². The number of carbonyl (C=O) groups excluding carboxylic acids is 1. The number of aryl methyl sites for hydroxylation is 3. The van der Waals surface area contributed by atoms with E-state index < -0.39 is 0 Å². The Bertz CT molecular complexity index is 642. The summed E-state index contributed by atoms with van der Waals surface area (Å²) < 4.78 is 6.76. The number of rotatable bonds is 3. The van der Waals surface area contributed by atoms with Gasteiger partial charge in [0.1, 0.15) is 11.6 Å². The van der Waals surface area contributed by atoms with Crippen molar-refractivity contribution >= 4 is 11.7 Å². The van der Waals surface area contributed by atoms with Gasteiger partial charge in [-0.1, -0.05) is 25.9 Å². The van der Waals surface area contributed by atoms with Crippen LogP contribution in [-0.4, -0.2) is 20.8 Å². The van der Waals surface area contributed by atoms with Crippen LogP contribution in [0.5, 0.6) is 0 Å². The minimum atomic E-state index is -0.104. The number of amides is 1. The van der Waals surface area contributed by atoms with Gasteiger partial charge >= 0.3 is 0 Å². The molecule has 0 spiro atoms. The number of nitrogens with zero attached hydrogens (tertiary/aromatic N) is 3. The first kappa shape index (κ1) is 15.3. The first-order valence-electron chi connectivity index (χ1n) is 6.94. The van der Waals surface area contributed by atoms with E-state index >= 15 is 0 Å². The number of hydrogen-bond donors (Lipinski definition) is 1. The Morgan fingerprint density at radius 2 is 2.05 bits per heavy atom. The van der Waals surface area contributed by atoms with E-state index in [1.54, 1.807) is 4.68 Å². The highest BCUT2D eigenvalue weighted by molar-refractivity contribution is 5.91. The summed E-state index contributed by atoms with van der Waals surface area (Å²) in [5.74, 6) is 1.27. The minimum absolute atomic E-state index is 0.0532. The highest BCUT2D eigenvalue weighted by Gasteiger charge is 2.20. The highest BCUT2D eigenvalue weighted by Crippen LogP contribution is 2.23. The molecule has 0 aliphatic rings. The van der Waals surface area contributed by atoms with Crippen molar-refractivity contribution < 1.29 is 9.32 Å². The van der Waals surface area contributed by atoms with Crippen molar-refractivity contribution in [1.82, 2.24) is 14.9 Å². The van der Waals surface area contributed by atoms with Crippen molar-refractivity contribution in [2.24, 2.45) is 7.05 Å². The molecule has 0 radical (unpaired) electrons. The average molecular weight is 290 g/mol. The Balaban J connectivity index is 2.12. The van der Waals surface area contributed by atoms with Gasteiger partial charge in [0.2, 0.25) is 5.91 Å². The number of nitrogens with one attached hydrogen (secondary N) is 1. The third-order valence-electron chi connectivity index (χ3n) is 3.43. The van der Waals surface area contributed by atoms with Crippen molar-refractivity contribution in [3.63, 3.8) is 0 Å². The highest BCUT2D eigenvalue weighted by atomic mass is 16.5. The zero-order valence-corrected chi connectivity index (χ0v) is 13.4. The molecule has 2 heterocycles. The molecular formula is C15H22N4O2. The van der Waals surface area contributed by atoms with Crippen molar-refractivity contribution in [2.75, 3.05) is 5.32 Å². The Morgan fingerprint density at radius 1 is 1.38 bits per heavy atom. The van der Waals surface area contributed by atoms with Crippen molar-refractivity contribution in [2.45, 2.75) is 46.5 Å². The van der Waals surface area contributed by atoms with Crippen LogP contribution in [-0.2, 0) is 23.7 Å². The fourth-order valence-corrected chi connectivity index (χ4v) is 2.05. The molecule has 2 rings (SSSR count). The van der Waals surface area contributed by atoms with E-state index in [1.165, 1.54) is 0 Å². The predicted molar refractivity (Wildman–Crippen MR) is 80.2 cm³/mol. The van der Waals surface area contributed by atoms with E-state index in [2.05, 4.69) is 36.3 Å². The van der Waals surface area contributed by atoms with Crippen LogP contribution in [0.3, 0.4) is 0 Å². The molecule has 0 saturated heterocycles. The largest absolute Gasteiger partial charge is 0.361 e. The molecule has 2 aromatic heterocycles. The van der Waals surface area contributed by atoms with Crippen LogP contribution in [0.15, 0.2) is 10.6 Å². The van der Waals surface area contributed by atoms with Gasteiger partial charge in [0.15, 0.2) is 0 Å². The van der Waals surface area contributed by atoms with Gasteiger partial charge in [-0.2, -0.15) is 5.10 Å². The van der Waals surface area contributed by atoms with Crippen molar-refractivity contribution in [3.05, 3.63) is 28.8 Å². The lowest BCUT2D eigenvalue weighted by Gasteiger charge is -2.13. The van der Waals surface area contributed by atoms with Gasteiger partial charge in [-0.25, -0.2) is 0 Å². The molecule has 0 aliphatic carbocycles. The quantitative estimate of drug-likeness (QED) is 0.942. The summed E-state index contributed by atoms with van der Waals surface area (Å²) in [6, 6.07) is 1.91. The summed E-state index contributed by atoms with van der Waals surface area (Å²) in [4.78, 5) is 12.2. The molecule has 0 aromatic carbocycles. The lowest BCUT2D eigenvalue weighted by Crippen LogP contribution is -2.17. The number of carbonyl (C=O) groups is 1. The van der Waals surface area contributed by atoms with Crippen LogP contribution in [0.1, 0.15) is 43.5 Å².